The first kappa shape index (κ1) is 12.7. The number of halogens is 1. The van der Waals surface area contributed by atoms with Gasteiger partial charge in [-0.2, -0.15) is 4.39 Å². The van der Waals surface area contributed by atoms with Crippen LogP contribution >= 0.6 is 0 Å². The average molecular weight is 255 g/mol. The molecule has 0 atom stereocenters. The molecule has 98 valence electrons. The van der Waals surface area contributed by atoms with Crippen molar-refractivity contribution >= 4 is 11.6 Å². The Morgan fingerprint density at radius 2 is 2.17 bits per heavy atom. The Labute approximate surface area is 103 Å². The number of nitrogens with zero attached hydrogens (tertiary/aromatic N) is 2. The first-order valence-corrected chi connectivity index (χ1v) is 5.68. The van der Waals surface area contributed by atoms with E-state index in [1.54, 1.807) is 4.90 Å². The molecule has 0 bridgehead atoms. The van der Waals surface area contributed by atoms with Crippen molar-refractivity contribution in [2.75, 3.05) is 31.2 Å². The largest absolute Gasteiger partial charge is 0.378 e. The van der Waals surface area contributed by atoms with Crippen LogP contribution in [0, 0.1) is 5.82 Å². The third-order valence-corrected chi connectivity index (χ3v) is 2.62. The number of carbonyl (C=O) groups is 1. The van der Waals surface area contributed by atoms with Crippen molar-refractivity contribution in [3.8, 4) is 0 Å². The number of carbonyl (C=O) groups excluding carboxylic acids is 1. The molecule has 18 heavy (non-hydrogen) atoms. The maximum atomic E-state index is 13.7. The summed E-state index contributed by atoms with van der Waals surface area (Å²) in [6.45, 7) is 3.28. The van der Waals surface area contributed by atoms with E-state index in [4.69, 9.17) is 4.74 Å². The molecule has 1 fully saturated rings. The van der Waals surface area contributed by atoms with Gasteiger partial charge in [0.1, 0.15) is 11.6 Å². The molecule has 2 heterocycles. The first-order valence-electron chi connectivity index (χ1n) is 5.68. The highest BCUT2D eigenvalue weighted by molar-refractivity contribution is 5.77. The highest BCUT2D eigenvalue weighted by Gasteiger charge is 2.20. The van der Waals surface area contributed by atoms with Crippen LogP contribution in [0.4, 0.5) is 10.2 Å². The van der Waals surface area contributed by atoms with Crippen molar-refractivity contribution in [1.82, 2.24) is 9.97 Å². The van der Waals surface area contributed by atoms with Crippen molar-refractivity contribution in [2.45, 2.75) is 13.3 Å². The SMILES string of the molecule is CC(=O)Cc1nc(N2CCOCC2)c(F)c(=O)[nH]1. The second-order valence-electron chi connectivity index (χ2n) is 4.13. The number of nitrogens with one attached hydrogen (secondary N) is 1. The first-order chi connectivity index (χ1) is 8.58. The van der Waals surface area contributed by atoms with Gasteiger partial charge in [0.05, 0.1) is 19.6 Å². The molecule has 7 heteroatoms. The summed E-state index contributed by atoms with van der Waals surface area (Å²) in [6.07, 6.45) is -0.00708. The number of ether oxygens (including phenoxy) is 1. The Morgan fingerprint density at radius 3 is 2.78 bits per heavy atom. The highest BCUT2D eigenvalue weighted by atomic mass is 19.1. The third-order valence-electron chi connectivity index (χ3n) is 2.62. The third kappa shape index (κ3) is 2.73. The van der Waals surface area contributed by atoms with E-state index in [9.17, 15) is 14.0 Å². The Morgan fingerprint density at radius 1 is 1.50 bits per heavy atom. The van der Waals surface area contributed by atoms with Gasteiger partial charge in [0, 0.05) is 13.1 Å². The van der Waals surface area contributed by atoms with Gasteiger partial charge in [-0.25, -0.2) is 4.98 Å². The Hall–Kier alpha value is -1.76. The minimum Gasteiger partial charge on any atom is -0.378 e. The van der Waals surface area contributed by atoms with Crippen molar-refractivity contribution < 1.29 is 13.9 Å². The average Bonchev–Trinajstić information content (AvgIpc) is 2.34. The summed E-state index contributed by atoms with van der Waals surface area (Å²) in [7, 11) is 0. The summed E-state index contributed by atoms with van der Waals surface area (Å²) in [5.41, 5.74) is -0.845. The molecular formula is C11H14FN3O3. The summed E-state index contributed by atoms with van der Waals surface area (Å²) in [5.74, 6) is -0.865. The number of aromatic nitrogens is 2. The molecule has 1 aliphatic heterocycles. The summed E-state index contributed by atoms with van der Waals surface area (Å²) < 4.78 is 18.9. The van der Waals surface area contributed by atoms with Gasteiger partial charge in [0.15, 0.2) is 5.82 Å². The van der Waals surface area contributed by atoms with Crippen LogP contribution in [0.2, 0.25) is 0 Å². The molecule has 1 aromatic rings. The van der Waals surface area contributed by atoms with Crippen molar-refractivity contribution in [3.05, 3.63) is 22.0 Å². The molecule has 0 radical (unpaired) electrons. The van der Waals surface area contributed by atoms with E-state index in [1.165, 1.54) is 6.92 Å². The summed E-state index contributed by atoms with van der Waals surface area (Å²) in [6, 6.07) is 0. The van der Waals surface area contributed by atoms with Crippen LogP contribution in [0.15, 0.2) is 4.79 Å². The predicted octanol–water partition coefficient (Wildman–Crippen LogP) is -0.123. The van der Waals surface area contributed by atoms with Crippen molar-refractivity contribution in [2.24, 2.45) is 0 Å². The second-order valence-corrected chi connectivity index (χ2v) is 4.13. The van der Waals surface area contributed by atoms with Gasteiger partial charge in [-0.3, -0.25) is 9.59 Å². The number of ketones is 1. The minimum absolute atomic E-state index is 0.00157. The Balaban J connectivity index is 2.35. The van der Waals surface area contributed by atoms with E-state index >= 15 is 0 Å². The number of Topliss-reactive ketones (excluding diaryl/α,β-unsaturated/α-hetero) is 1. The molecular weight excluding hydrogens is 241 g/mol. The maximum absolute atomic E-state index is 13.7. The molecule has 2 rings (SSSR count). The molecule has 0 aliphatic carbocycles. The van der Waals surface area contributed by atoms with Crippen LogP contribution in [0.25, 0.3) is 0 Å². The van der Waals surface area contributed by atoms with E-state index in [1.807, 2.05) is 0 Å². The zero-order valence-electron chi connectivity index (χ0n) is 10.0. The topological polar surface area (TPSA) is 75.3 Å². The maximum Gasteiger partial charge on any atom is 0.289 e. The van der Waals surface area contributed by atoms with Gasteiger partial charge < -0.3 is 14.6 Å². The molecule has 1 saturated heterocycles. The van der Waals surface area contributed by atoms with Crippen molar-refractivity contribution in [3.63, 3.8) is 0 Å². The molecule has 1 aliphatic rings. The van der Waals surface area contributed by atoms with Crippen LogP contribution in [-0.4, -0.2) is 42.1 Å². The molecule has 0 saturated carbocycles. The van der Waals surface area contributed by atoms with Crippen LogP contribution in [0.3, 0.4) is 0 Å². The predicted molar refractivity (Wildman–Crippen MR) is 62.2 cm³/mol. The lowest BCUT2D eigenvalue weighted by atomic mass is 10.3. The Bertz CT molecular complexity index is 509. The molecule has 0 unspecified atom stereocenters. The molecule has 1 N–H and O–H groups in total. The van der Waals surface area contributed by atoms with Gasteiger partial charge >= 0.3 is 0 Å². The molecule has 0 amide bonds. The van der Waals surface area contributed by atoms with Gasteiger partial charge in [-0.1, -0.05) is 0 Å². The second kappa shape index (κ2) is 5.26. The zero-order chi connectivity index (χ0) is 13.1. The fraction of sp³-hybridized carbons (Fsp3) is 0.545. The van der Waals surface area contributed by atoms with Crippen molar-refractivity contribution in [1.29, 1.82) is 0 Å². The Kier molecular flexibility index (Phi) is 3.71. The van der Waals surface area contributed by atoms with Crippen LogP contribution in [0.1, 0.15) is 12.7 Å². The molecule has 0 aromatic carbocycles. The summed E-state index contributed by atoms with van der Waals surface area (Å²) in [4.78, 5) is 30.4. The number of hydrogen-bond donors (Lipinski definition) is 1. The lowest BCUT2D eigenvalue weighted by molar-refractivity contribution is -0.116. The van der Waals surface area contributed by atoms with Gasteiger partial charge in [0.2, 0.25) is 5.82 Å². The normalized spacial score (nSPS) is 15.8. The van der Waals surface area contributed by atoms with Crippen LogP contribution in [-0.2, 0) is 16.0 Å². The monoisotopic (exact) mass is 255 g/mol. The van der Waals surface area contributed by atoms with Crippen LogP contribution in [0.5, 0.6) is 0 Å². The zero-order valence-corrected chi connectivity index (χ0v) is 10.0. The number of hydrogen-bond acceptors (Lipinski definition) is 5. The number of anilines is 1. The standard InChI is InChI=1S/C11H14FN3O3/c1-7(16)6-8-13-10(9(12)11(17)14-8)15-2-4-18-5-3-15/h2-6H2,1H3,(H,13,14,17). The number of aromatic amines is 1. The molecule has 6 nitrogen and oxygen atoms in total. The van der Waals surface area contributed by atoms with Crippen LogP contribution < -0.4 is 10.5 Å². The van der Waals surface area contributed by atoms with E-state index < -0.39 is 11.4 Å². The molecule has 1 aromatic heterocycles. The smallest absolute Gasteiger partial charge is 0.289 e. The summed E-state index contributed by atoms with van der Waals surface area (Å²) >= 11 is 0. The fourth-order valence-corrected chi connectivity index (χ4v) is 1.80. The quantitative estimate of drug-likeness (QED) is 0.814. The lowest BCUT2D eigenvalue weighted by Crippen LogP contribution is -2.39. The number of morpholine rings is 1. The van der Waals surface area contributed by atoms with E-state index in [-0.39, 0.29) is 23.8 Å². The number of rotatable bonds is 3. The fourth-order valence-electron chi connectivity index (χ4n) is 1.80. The van der Waals surface area contributed by atoms with Gasteiger partial charge in [-0.05, 0) is 6.92 Å². The number of H-pyrrole nitrogens is 1. The van der Waals surface area contributed by atoms with E-state index in [2.05, 4.69) is 9.97 Å². The van der Waals surface area contributed by atoms with Gasteiger partial charge in [-0.15, -0.1) is 0 Å². The molecule has 0 spiro atoms. The van der Waals surface area contributed by atoms with E-state index in [0.717, 1.165) is 0 Å². The van der Waals surface area contributed by atoms with Gasteiger partial charge in [0.25, 0.3) is 5.56 Å². The van der Waals surface area contributed by atoms with E-state index in [0.29, 0.717) is 26.3 Å². The summed E-state index contributed by atoms with van der Waals surface area (Å²) in [5, 5.41) is 0. The highest BCUT2D eigenvalue weighted by Crippen LogP contribution is 2.14. The minimum atomic E-state index is -0.913. The lowest BCUT2D eigenvalue weighted by Gasteiger charge is -2.27.